The van der Waals surface area contributed by atoms with Crippen LogP contribution in [0.4, 0.5) is 0 Å². The van der Waals surface area contributed by atoms with Crippen molar-refractivity contribution in [3.63, 3.8) is 0 Å². The van der Waals surface area contributed by atoms with Gasteiger partial charge in [-0.25, -0.2) is 4.98 Å². The van der Waals surface area contributed by atoms with Crippen molar-refractivity contribution >= 4 is 0 Å². The highest BCUT2D eigenvalue weighted by atomic mass is 15.1. The average Bonchev–Trinajstić information content (AvgIpc) is 3.14. The van der Waals surface area contributed by atoms with Gasteiger partial charge in [0.15, 0.2) is 0 Å². The molecule has 1 atom stereocenters. The summed E-state index contributed by atoms with van der Waals surface area (Å²) < 4.78 is 2.20. The monoisotopic (exact) mass is 260 g/mol. The minimum atomic E-state index is -0.346. The number of rotatable bonds is 7. The first-order chi connectivity index (χ1) is 9.04. The Morgan fingerprint density at radius 2 is 2.21 bits per heavy atom. The molecule has 1 fully saturated rings. The van der Waals surface area contributed by atoms with Gasteiger partial charge in [-0.15, -0.1) is 0 Å². The van der Waals surface area contributed by atoms with E-state index in [1.807, 2.05) is 20.2 Å². The summed E-state index contributed by atoms with van der Waals surface area (Å²) in [7, 11) is 0. The number of unbranched alkanes of at least 4 members (excludes halogenated alkanes) is 1. The number of imidazole rings is 1. The third-order valence-electron chi connectivity index (χ3n) is 4.02. The fraction of sp³-hybridized carbons (Fsp3) is 0.733. The molecule has 0 aliphatic heterocycles. The van der Waals surface area contributed by atoms with Crippen molar-refractivity contribution in [2.45, 2.75) is 71.0 Å². The molecule has 1 heterocycles. The molecule has 1 N–H and O–H groups in total. The molecule has 1 unspecified atom stereocenters. The van der Waals surface area contributed by atoms with E-state index in [1.54, 1.807) is 0 Å². The molecule has 0 radical (unpaired) electrons. The summed E-state index contributed by atoms with van der Waals surface area (Å²) in [6, 6.07) is 3.02. The van der Waals surface area contributed by atoms with Crippen molar-refractivity contribution in [3.05, 3.63) is 17.7 Å². The topological polar surface area (TPSA) is 53.6 Å². The smallest absolute Gasteiger partial charge is 0.104 e. The molecule has 1 aromatic rings. The molecule has 19 heavy (non-hydrogen) atoms. The predicted molar refractivity (Wildman–Crippen MR) is 75.7 cm³/mol. The van der Waals surface area contributed by atoms with Gasteiger partial charge in [-0.1, -0.05) is 0 Å². The molecular formula is C15H24N4. The summed E-state index contributed by atoms with van der Waals surface area (Å²) in [6.07, 6.45) is 7.46. The van der Waals surface area contributed by atoms with Crippen molar-refractivity contribution in [1.82, 2.24) is 14.9 Å². The molecule has 104 valence electrons. The maximum absolute atomic E-state index is 9.30. The molecule has 2 rings (SSSR count). The summed E-state index contributed by atoms with van der Waals surface area (Å²) in [5.74, 6) is 0. The molecule has 1 aliphatic carbocycles. The molecule has 1 saturated carbocycles. The summed E-state index contributed by atoms with van der Waals surface area (Å²) in [4.78, 5) is 4.31. The van der Waals surface area contributed by atoms with Crippen LogP contribution in [0.2, 0.25) is 0 Å². The van der Waals surface area contributed by atoms with E-state index in [-0.39, 0.29) is 5.54 Å². The number of aromatic nitrogens is 2. The Bertz CT molecular complexity index is 467. The second-order valence-corrected chi connectivity index (χ2v) is 5.93. The van der Waals surface area contributed by atoms with E-state index in [9.17, 15) is 5.26 Å². The Morgan fingerprint density at radius 1 is 1.47 bits per heavy atom. The Morgan fingerprint density at radius 3 is 2.74 bits per heavy atom. The first-order valence-corrected chi connectivity index (χ1v) is 7.21. The largest absolute Gasteiger partial charge is 0.335 e. The number of hydrogen-bond donors (Lipinski definition) is 1. The van der Waals surface area contributed by atoms with Crippen LogP contribution in [-0.4, -0.2) is 21.1 Å². The Hall–Kier alpha value is -1.34. The molecule has 0 saturated heterocycles. The zero-order valence-corrected chi connectivity index (χ0v) is 12.2. The van der Waals surface area contributed by atoms with Gasteiger partial charge in [-0.3, -0.25) is 5.32 Å². The van der Waals surface area contributed by atoms with Crippen molar-refractivity contribution in [1.29, 1.82) is 5.26 Å². The highest BCUT2D eigenvalue weighted by molar-refractivity contribution is 5.08. The van der Waals surface area contributed by atoms with E-state index in [0.29, 0.717) is 6.04 Å². The summed E-state index contributed by atoms with van der Waals surface area (Å²) in [5, 5.41) is 12.7. The maximum atomic E-state index is 9.30. The van der Waals surface area contributed by atoms with Crippen LogP contribution in [0.1, 0.15) is 50.4 Å². The predicted octanol–water partition coefficient (Wildman–Crippen LogP) is 2.70. The second-order valence-electron chi connectivity index (χ2n) is 5.93. The maximum Gasteiger partial charge on any atom is 0.104 e. The zero-order valence-electron chi connectivity index (χ0n) is 12.2. The number of hydrogen-bond acceptors (Lipinski definition) is 3. The van der Waals surface area contributed by atoms with Crippen LogP contribution in [0.25, 0.3) is 0 Å². The van der Waals surface area contributed by atoms with Crippen LogP contribution < -0.4 is 5.32 Å². The fourth-order valence-corrected chi connectivity index (χ4v) is 2.37. The molecule has 0 bridgehead atoms. The average molecular weight is 260 g/mol. The summed E-state index contributed by atoms with van der Waals surface area (Å²) in [5.41, 5.74) is 2.01. The van der Waals surface area contributed by atoms with Gasteiger partial charge in [0.2, 0.25) is 0 Å². The van der Waals surface area contributed by atoms with Gasteiger partial charge >= 0.3 is 0 Å². The van der Waals surface area contributed by atoms with Crippen LogP contribution in [0.15, 0.2) is 6.33 Å². The van der Waals surface area contributed by atoms with Gasteiger partial charge in [0.05, 0.1) is 18.1 Å². The second kappa shape index (κ2) is 5.75. The molecule has 1 aliphatic rings. The minimum absolute atomic E-state index is 0.346. The van der Waals surface area contributed by atoms with Crippen LogP contribution in [0, 0.1) is 25.2 Å². The molecule has 4 nitrogen and oxygen atoms in total. The molecule has 1 aromatic heterocycles. The lowest BCUT2D eigenvalue weighted by Crippen LogP contribution is -2.42. The lowest BCUT2D eigenvalue weighted by atomic mass is 9.96. The third-order valence-corrected chi connectivity index (χ3v) is 4.02. The van der Waals surface area contributed by atoms with Crippen LogP contribution in [0.3, 0.4) is 0 Å². The van der Waals surface area contributed by atoms with Gasteiger partial charge in [0, 0.05) is 18.3 Å². The highest BCUT2D eigenvalue weighted by Crippen LogP contribution is 2.24. The van der Waals surface area contributed by atoms with E-state index in [2.05, 4.69) is 27.9 Å². The van der Waals surface area contributed by atoms with E-state index < -0.39 is 0 Å². The highest BCUT2D eigenvalue weighted by Gasteiger charge is 2.31. The molecular weight excluding hydrogens is 236 g/mol. The van der Waals surface area contributed by atoms with Gasteiger partial charge in [-0.2, -0.15) is 5.26 Å². The molecule has 4 heteroatoms. The number of nitrogens with one attached hydrogen (secondary N) is 1. The first-order valence-electron chi connectivity index (χ1n) is 7.21. The lowest BCUT2D eigenvalue weighted by Gasteiger charge is -2.23. The quantitative estimate of drug-likeness (QED) is 0.767. The fourth-order valence-electron chi connectivity index (χ4n) is 2.37. The van der Waals surface area contributed by atoms with E-state index in [1.165, 1.54) is 18.5 Å². The van der Waals surface area contributed by atoms with E-state index >= 15 is 0 Å². The van der Waals surface area contributed by atoms with Crippen LogP contribution in [-0.2, 0) is 6.54 Å². The van der Waals surface area contributed by atoms with E-state index in [4.69, 9.17) is 0 Å². The Balaban J connectivity index is 1.73. The first kappa shape index (κ1) is 14.1. The van der Waals surface area contributed by atoms with Crippen LogP contribution in [0.5, 0.6) is 0 Å². The number of nitriles is 1. The number of aryl methyl sites for hydroxylation is 2. The van der Waals surface area contributed by atoms with Gasteiger partial charge in [0.1, 0.15) is 5.54 Å². The number of nitrogens with zero attached hydrogens (tertiary/aromatic N) is 3. The molecule has 0 amide bonds. The summed E-state index contributed by atoms with van der Waals surface area (Å²) >= 11 is 0. The zero-order chi connectivity index (χ0) is 13.9. The van der Waals surface area contributed by atoms with Gasteiger partial charge in [-0.05, 0) is 52.9 Å². The lowest BCUT2D eigenvalue weighted by molar-refractivity contribution is 0.392. The third kappa shape index (κ3) is 3.81. The SMILES string of the molecule is Cc1ncn(CCCCC(C)(C#N)NC2CC2)c1C. The van der Waals surface area contributed by atoms with Crippen molar-refractivity contribution in [2.75, 3.05) is 0 Å². The van der Waals surface area contributed by atoms with E-state index in [0.717, 1.165) is 31.5 Å². The van der Waals surface area contributed by atoms with Crippen molar-refractivity contribution in [2.24, 2.45) is 0 Å². The standard InChI is InChI=1S/C15H24N4/c1-12-13(2)19(11-17-12)9-5-4-8-15(3,10-16)18-14-6-7-14/h11,14,18H,4-9H2,1-3H3. The minimum Gasteiger partial charge on any atom is -0.335 e. The Kier molecular flexibility index (Phi) is 4.26. The van der Waals surface area contributed by atoms with Crippen LogP contribution >= 0.6 is 0 Å². The van der Waals surface area contributed by atoms with Gasteiger partial charge < -0.3 is 4.57 Å². The summed E-state index contributed by atoms with van der Waals surface area (Å²) in [6.45, 7) is 7.17. The Labute approximate surface area is 115 Å². The molecule has 0 spiro atoms. The van der Waals surface area contributed by atoms with Gasteiger partial charge in [0.25, 0.3) is 0 Å². The normalized spacial score (nSPS) is 18.0. The van der Waals surface area contributed by atoms with Crippen molar-refractivity contribution in [3.8, 4) is 6.07 Å². The van der Waals surface area contributed by atoms with Crippen molar-refractivity contribution < 1.29 is 0 Å². The molecule has 0 aromatic carbocycles.